The molecular formula is C15H13N5O6. The number of rotatable bonds is 4. The Morgan fingerprint density at radius 1 is 1.31 bits per heavy atom. The first-order chi connectivity index (χ1) is 12.1. The molecule has 1 aromatic carbocycles. The lowest BCUT2D eigenvalue weighted by atomic mass is 10.0. The number of nitriles is 1. The number of hydrogen-bond donors (Lipinski definition) is 1. The third-order valence-electron chi connectivity index (χ3n) is 3.85. The molecule has 11 heteroatoms. The number of aryl methyl sites for hydroxylation is 1. The molecule has 0 aliphatic carbocycles. The minimum absolute atomic E-state index is 0.0879. The number of carbonyl (C=O) groups is 1. The van der Waals surface area contributed by atoms with Gasteiger partial charge in [0.25, 0.3) is 5.69 Å². The van der Waals surface area contributed by atoms with Crippen LogP contribution in [-0.4, -0.2) is 27.5 Å². The minimum atomic E-state index is -0.909. The maximum Gasteiger partial charge on any atom is 0.357 e. The van der Waals surface area contributed by atoms with Crippen molar-refractivity contribution in [1.82, 2.24) is 4.57 Å². The van der Waals surface area contributed by atoms with Gasteiger partial charge in [-0.25, -0.2) is 4.79 Å². The van der Waals surface area contributed by atoms with E-state index < -0.39 is 27.2 Å². The average Bonchev–Trinajstić information content (AvgIpc) is 2.91. The zero-order chi connectivity index (χ0) is 19.8. The maximum atomic E-state index is 12.1. The molecule has 0 spiro atoms. The Hall–Kier alpha value is -3.94. The smallest absolute Gasteiger partial charge is 0.357 e. The summed E-state index contributed by atoms with van der Waals surface area (Å²) in [6.45, 7) is 2.65. The summed E-state index contributed by atoms with van der Waals surface area (Å²) < 4.78 is 5.70. The lowest BCUT2D eigenvalue weighted by Crippen LogP contribution is -2.14. The van der Waals surface area contributed by atoms with Crippen LogP contribution in [0.4, 0.5) is 17.1 Å². The van der Waals surface area contributed by atoms with Crippen LogP contribution in [0.3, 0.4) is 0 Å². The van der Waals surface area contributed by atoms with Gasteiger partial charge in [0.15, 0.2) is 5.69 Å². The Balaban J connectivity index is 3.01. The Morgan fingerprint density at radius 2 is 1.92 bits per heavy atom. The Labute approximate surface area is 146 Å². The molecule has 1 aromatic heterocycles. The first-order valence-corrected chi connectivity index (χ1v) is 7.08. The van der Waals surface area contributed by atoms with E-state index in [-0.39, 0.29) is 33.8 Å². The van der Waals surface area contributed by atoms with Gasteiger partial charge in [0.2, 0.25) is 0 Å². The molecule has 0 unspecified atom stereocenters. The molecule has 1 heterocycles. The molecule has 2 aromatic rings. The Bertz CT molecular complexity index is 1000. The number of esters is 1. The second-order valence-electron chi connectivity index (χ2n) is 5.33. The molecule has 0 saturated carbocycles. The fourth-order valence-electron chi connectivity index (χ4n) is 2.68. The van der Waals surface area contributed by atoms with E-state index in [2.05, 4.69) is 4.74 Å². The predicted molar refractivity (Wildman–Crippen MR) is 89.0 cm³/mol. The summed E-state index contributed by atoms with van der Waals surface area (Å²) in [5, 5.41) is 31.9. The zero-order valence-corrected chi connectivity index (χ0v) is 14.0. The van der Waals surface area contributed by atoms with Gasteiger partial charge in [0.1, 0.15) is 17.3 Å². The summed E-state index contributed by atoms with van der Waals surface area (Å²) in [4.78, 5) is 33.4. The topological polar surface area (TPSA) is 167 Å². The van der Waals surface area contributed by atoms with Gasteiger partial charge in [-0.05, 0) is 19.4 Å². The quantitative estimate of drug-likeness (QED) is 0.492. The average molecular weight is 359 g/mol. The van der Waals surface area contributed by atoms with Crippen molar-refractivity contribution < 1.29 is 19.4 Å². The van der Waals surface area contributed by atoms with Crippen LogP contribution in [0.2, 0.25) is 0 Å². The number of carbonyl (C=O) groups excluding carboxylic acids is 1. The molecule has 2 rings (SSSR count). The first kappa shape index (κ1) is 18.4. The molecule has 0 radical (unpaired) electrons. The van der Waals surface area contributed by atoms with Crippen molar-refractivity contribution in [1.29, 1.82) is 5.26 Å². The number of hydrogen-bond acceptors (Lipinski definition) is 8. The monoisotopic (exact) mass is 359 g/mol. The molecule has 0 amide bonds. The summed E-state index contributed by atoms with van der Waals surface area (Å²) in [7, 11) is 1.09. The van der Waals surface area contributed by atoms with Gasteiger partial charge >= 0.3 is 11.7 Å². The molecule has 2 N–H and O–H groups in total. The van der Waals surface area contributed by atoms with E-state index in [0.717, 1.165) is 23.9 Å². The van der Waals surface area contributed by atoms with Gasteiger partial charge in [0, 0.05) is 12.3 Å². The number of ether oxygens (including phenoxy) is 1. The summed E-state index contributed by atoms with van der Waals surface area (Å²) in [5.74, 6) is -0.909. The van der Waals surface area contributed by atoms with E-state index in [9.17, 15) is 25.0 Å². The number of anilines is 1. The Morgan fingerprint density at radius 3 is 2.38 bits per heavy atom. The molecule has 134 valence electrons. The highest BCUT2D eigenvalue weighted by Crippen LogP contribution is 2.38. The van der Waals surface area contributed by atoms with Crippen LogP contribution in [0.25, 0.3) is 5.69 Å². The van der Waals surface area contributed by atoms with Gasteiger partial charge in [-0.2, -0.15) is 5.26 Å². The molecule has 0 aliphatic heterocycles. The van der Waals surface area contributed by atoms with Crippen LogP contribution in [0, 0.1) is 45.4 Å². The van der Waals surface area contributed by atoms with Crippen LogP contribution in [0.15, 0.2) is 12.3 Å². The number of benzene rings is 1. The molecule has 0 atom stereocenters. The standard InChI is InChI=1S/C15H13N5O6/c1-7-4-10(19(22)23)8(2)13(20(24)25)12(7)18-6-9(5-16)11(17)14(18)15(21)26-3/h4,6H,17H2,1-3H3. The number of methoxy groups -OCH3 is 1. The second kappa shape index (κ2) is 6.52. The molecule has 0 aliphatic rings. The van der Waals surface area contributed by atoms with Crippen molar-refractivity contribution in [3.8, 4) is 11.8 Å². The molecular weight excluding hydrogens is 346 g/mol. The number of nitrogens with zero attached hydrogens (tertiary/aromatic N) is 4. The van der Waals surface area contributed by atoms with Gasteiger partial charge in [0.05, 0.1) is 28.2 Å². The number of nitro benzene ring substituents is 2. The van der Waals surface area contributed by atoms with Crippen LogP contribution in [0.5, 0.6) is 0 Å². The SMILES string of the molecule is COC(=O)c1c(N)c(C#N)cn1-c1c(C)cc([N+](=O)[O-])c(C)c1[N+](=O)[O-]. The summed E-state index contributed by atoms with van der Waals surface area (Å²) in [6, 6.07) is 2.94. The van der Waals surface area contributed by atoms with E-state index in [1.807, 2.05) is 0 Å². The predicted octanol–water partition coefficient (Wildman–Crippen LogP) is 2.15. The summed E-state index contributed by atoms with van der Waals surface area (Å²) in [6.07, 6.45) is 1.15. The largest absolute Gasteiger partial charge is 0.464 e. The molecule has 26 heavy (non-hydrogen) atoms. The molecule has 0 fully saturated rings. The van der Waals surface area contributed by atoms with E-state index in [0.29, 0.717) is 0 Å². The van der Waals surface area contributed by atoms with Gasteiger partial charge < -0.3 is 15.0 Å². The van der Waals surface area contributed by atoms with E-state index in [4.69, 9.17) is 11.0 Å². The number of nitro groups is 2. The highest BCUT2D eigenvalue weighted by molar-refractivity contribution is 5.96. The van der Waals surface area contributed by atoms with E-state index in [1.165, 1.54) is 13.8 Å². The van der Waals surface area contributed by atoms with Crippen molar-refractivity contribution in [3.63, 3.8) is 0 Å². The third-order valence-corrected chi connectivity index (χ3v) is 3.85. The molecule has 0 saturated heterocycles. The highest BCUT2D eigenvalue weighted by Gasteiger charge is 2.32. The second-order valence-corrected chi connectivity index (χ2v) is 5.33. The van der Waals surface area contributed by atoms with Crippen molar-refractivity contribution in [3.05, 3.63) is 54.9 Å². The van der Waals surface area contributed by atoms with Gasteiger partial charge in [-0.15, -0.1) is 0 Å². The number of nitrogens with two attached hydrogens (primary N) is 1. The normalized spacial score (nSPS) is 10.2. The zero-order valence-electron chi connectivity index (χ0n) is 14.0. The van der Waals surface area contributed by atoms with Crippen molar-refractivity contribution in [2.24, 2.45) is 0 Å². The fourth-order valence-corrected chi connectivity index (χ4v) is 2.68. The summed E-state index contributed by atoms with van der Waals surface area (Å²) in [5.41, 5.74) is 4.09. The fraction of sp³-hybridized carbons (Fsp3) is 0.200. The van der Waals surface area contributed by atoms with Gasteiger partial charge in [-0.3, -0.25) is 20.2 Å². The highest BCUT2D eigenvalue weighted by atomic mass is 16.6. The lowest BCUT2D eigenvalue weighted by Gasteiger charge is -2.13. The van der Waals surface area contributed by atoms with Crippen LogP contribution < -0.4 is 5.73 Å². The van der Waals surface area contributed by atoms with E-state index in [1.54, 1.807) is 6.07 Å². The third kappa shape index (κ3) is 2.69. The van der Waals surface area contributed by atoms with Crippen LogP contribution in [-0.2, 0) is 4.74 Å². The lowest BCUT2D eigenvalue weighted by molar-refractivity contribution is -0.395. The van der Waals surface area contributed by atoms with Crippen molar-refractivity contribution in [2.45, 2.75) is 13.8 Å². The van der Waals surface area contributed by atoms with Gasteiger partial charge in [-0.1, -0.05) is 0 Å². The number of nitrogen functional groups attached to an aromatic ring is 1. The number of aromatic nitrogens is 1. The van der Waals surface area contributed by atoms with Crippen LogP contribution in [0.1, 0.15) is 27.2 Å². The van der Waals surface area contributed by atoms with Crippen molar-refractivity contribution in [2.75, 3.05) is 12.8 Å². The molecule has 11 nitrogen and oxygen atoms in total. The Kier molecular flexibility index (Phi) is 4.61. The van der Waals surface area contributed by atoms with Crippen molar-refractivity contribution >= 4 is 23.0 Å². The maximum absolute atomic E-state index is 12.1. The molecule has 0 bridgehead atoms. The first-order valence-electron chi connectivity index (χ1n) is 7.08. The van der Waals surface area contributed by atoms with E-state index >= 15 is 0 Å². The van der Waals surface area contributed by atoms with Crippen LogP contribution >= 0.6 is 0 Å². The minimum Gasteiger partial charge on any atom is -0.464 e. The summed E-state index contributed by atoms with van der Waals surface area (Å²) >= 11 is 0.